The standard InChI is InChI=1S/C13H9F2N3/c1-18-7-9(6-17-18)8-2-11-12(15)3-10(14)4-13(11)16-5-8/h2-7H,1H3. The number of hydrogen-bond donors (Lipinski definition) is 0. The van der Waals surface area contributed by atoms with E-state index in [4.69, 9.17) is 0 Å². The molecule has 0 atom stereocenters. The van der Waals surface area contributed by atoms with E-state index in [2.05, 4.69) is 10.1 Å². The molecule has 0 radical (unpaired) electrons. The molecule has 0 spiro atoms. The third-order valence-electron chi connectivity index (χ3n) is 2.75. The summed E-state index contributed by atoms with van der Waals surface area (Å²) in [6.45, 7) is 0. The molecule has 0 fully saturated rings. The Morgan fingerprint density at radius 2 is 1.89 bits per heavy atom. The molecule has 3 aromatic rings. The Balaban J connectivity index is 2.22. The zero-order valence-corrected chi connectivity index (χ0v) is 9.56. The van der Waals surface area contributed by atoms with E-state index in [1.165, 1.54) is 6.07 Å². The molecule has 5 heteroatoms. The average molecular weight is 245 g/mol. The van der Waals surface area contributed by atoms with Gasteiger partial charge in [0.25, 0.3) is 0 Å². The maximum Gasteiger partial charge on any atom is 0.135 e. The molecular formula is C13H9F2N3. The van der Waals surface area contributed by atoms with E-state index in [-0.39, 0.29) is 0 Å². The number of benzene rings is 1. The highest BCUT2D eigenvalue weighted by atomic mass is 19.1. The molecule has 0 saturated heterocycles. The van der Waals surface area contributed by atoms with Crippen LogP contribution >= 0.6 is 0 Å². The van der Waals surface area contributed by atoms with E-state index >= 15 is 0 Å². The molecule has 0 amide bonds. The lowest BCUT2D eigenvalue weighted by Crippen LogP contribution is -1.88. The van der Waals surface area contributed by atoms with Crippen LogP contribution in [0.4, 0.5) is 8.78 Å². The molecule has 0 unspecified atom stereocenters. The van der Waals surface area contributed by atoms with Crippen LogP contribution in [0.15, 0.2) is 36.8 Å². The number of aromatic nitrogens is 3. The highest BCUT2D eigenvalue weighted by Gasteiger charge is 2.08. The Hall–Kier alpha value is -2.30. The summed E-state index contributed by atoms with van der Waals surface area (Å²) in [6.07, 6.45) is 5.06. The molecule has 1 aromatic carbocycles. The molecule has 0 aliphatic rings. The fourth-order valence-electron chi connectivity index (χ4n) is 1.88. The van der Waals surface area contributed by atoms with Gasteiger partial charge in [-0.25, -0.2) is 8.78 Å². The van der Waals surface area contributed by atoms with Gasteiger partial charge in [0, 0.05) is 48.1 Å². The second-order valence-corrected chi connectivity index (χ2v) is 4.08. The number of aryl methyl sites for hydroxylation is 1. The lowest BCUT2D eigenvalue weighted by atomic mass is 10.1. The maximum absolute atomic E-state index is 13.6. The number of fused-ring (bicyclic) bond motifs is 1. The molecule has 0 bridgehead atoms. The molecule has 2 aromatic heterocycles. The summed E-state index contributed by atoms with van der Waals surface area (Å²) in [6, 6.07) is 3.72. The smallest absolute Gasteiger partial charge is 0.135 e. The van der Waals surface area contributed by atoms with Crippen molar-refractivity contribution >= 4 is 10.9 Å². The minimum atomic E-state index is -0.623. The number of halogens is 2. The first kappa shape index (κ1) is 10.8. The van der Waals surface area contributed by atoms with Gasteiger partial charge in [-0.2, -0.15) is 5.10 Å². The van der Waals surface area contributed by atoms with Crippen molar-refractivity contribution in [1.82, 2.24) is 14.8 Å². The first-order valence-electron chi connectivity index (χ1n) is 5.37. The van der Waals surface area contributed by atoms with Crippen LogP contribution in [0.5, 0.6) is 0 Å². The van der Waals surface area contributed by atoms with Crippen LogP contribution in [-0.2, 0) is 7.05 Å². The van der Waals surface area contributed by atoms with Gasteiger partial charge in [-0.3, -0.25) is 9.67 Å². The molecule has 2 heterocycles. The predicted octanol–water partition coefficient (Wildman–Crippen LogP) is 2.91. The zero-order chi connectivity index (χ0) is 12.7. The summed E-state index contributed by atoms with van der Waals surface area (Å²) in [5.74, 6) is -1.23. The topological polar surface area (TPSA) is 30.7 Å². The lowest BCUT2D eigenvalue weighted by molar-refractivity contribution is 0.591. The largest absolute Gasteiger partial charge is 0.275 e. The van der Waals surface area contributed by atoms with E-state index in [9.17, 15) is 8.78 Å². The highest BCUT2D eigenvalue weighted by molar-refractivity contribution is 5.83. The zero-order valence-electron chi connectivity index (χ0n) is 9.56. The van der Waals surface area contributed by atoms with E-state index in [1.807, 2.05) is 6.20 Å². The van der Waals surface area contributed by atoms with E-state index in [0.717, 1.165) is 17.2 Å². The van der Waals surface area contributed by atoms with Gasteiger partial charge in [-0.15, -0.1) is 0 Å². The second-order valence-electron chi connectivity index (χ2n) is 4.08. The number of hydrogen-bond acceptors (Lipinski definition) is 2. The van der Waals surface area contributed by atoms with Gasteiger partial charge in [0.2, 0.25) is 0 Å². The molecule has 3 rings (SSSR count). The Labute approximate surface area is 102 Å². The van der Waals surface area contributed by atoms with Crippen LogP contribution in [0.3, 0.4) is 0 Å². The first-order valence-corrected chi connectivity index (χ1v) is 5.37. The van der Waals surface area contributed by atoms with Gasteiger partial charge in [0.05, 0.1) is 11.7 Å². The number of pyridine rings is 1. The molecule has 0 N–H and O–H groups in total. The minimum Gasteiger partial charge on any atom is -0.275 e. The third-order valence-corrected chi connectivity index (χ3v) is 2.75. The van der Waals surface area contributed by atoms with Crippen molar-refractivity contribution < 1.29 is 8.78 Å². The molecule has 0 aliphatic carbocycles. The van der Waals surface area contributed by atoms with E-state index in [1.54, 1.807) is 30.2 Å². The minimum absolute atomic E-state index is 0.303. The highest BCUT2D eigenvalue weighted by Crippen LogP contribution is 2.24. The summed E-state index contributed by atoms with van der Waals surface area (Å²) in [5.41, 5.74) is 1.90. The summed E-state index contributed by atoms with van der Waals surface area (Å²) < 4.78 is 28.3. The fraction of sp³-hybridized carbons (Fsp3) is 0.0769. The van der Waals surface area contributed by atoms with Gasteiger partial charge in [-0.05, 0) is 6.07 Å². The Morgan fingerprint density at radius 3 is 2.61 bits per heavy atom. The Bertz CT molecular complexity index is 734. The van der Waals surface area contributed by atoms with Crippen LogP contribution < -0.4 is 0 Å². The van der Waals surface area contributed by atoms with Crippen molar-refractivity contribution in [3.05, 3.63) is 48.4 Å². The van der Waals surface area contributed by atoms with Gasteiger partial charge in [0.1, 0.15) is 11.6 Å². The van der Waals surface area contributed by atoms with Crippen LogP contribution in [0, 0.1) is 11.6 Å². The third kappa shape index (κ3) is 1.73. The predicted molar refractivity (Wildman–Crippen MR) is 63.9 cm³/mol. The first-order chi connectivity index (χ1) is 8.63. The summed E-state index contributed by atoms with van der Waals surface area (Å²) in [4.78, 5) is 4.07. The molecule has 18 heavy (non-hydrogen) atoms. The van der Waals surface area contributed by atoms with Crippen molar-refractivity contribution in [2.45, 2.75) is 0 Å². The quantitative estimate of drug-likeness (QED) is 0.660. The van der Waals surface area contributed by atoms with E-state index < -0.39 is 11.6 Å². The van der Waals surface area contributed by atoms with Crippen molar-refractivity contribution in [3.8, 4) is 11.1 Å². The Kier molecular flexibility index (Phi) is 2.33. The average Bonchev–Trinajstić information content (AvgIpc) is 2.75. The van der Waals surface area contributed by atoms with Crippen molar-refractivity contribution in [2.24, 2.45) is 7.05 Å². The summed E-state index contributed by atoms with van der Waals surface area (Å²) in [7, 11) is 1.80. The van der Waals surface area contributed by atoms with E-state index in [0.29, 0.717) is 10.9 Å². The fourth-order valence-corrected chi connectivity index (χ4v) is 1.88. The van der Waals surface area contributed by atoms with Crippen LogP contribution in [0.25, 0.3) is 22.0 Å². The molecule has 3 nitrogen and oxygen atoms in total. The number of rotatable bonds is 1. The molecule has 0 saturated carbocycles. The molecule has 90 valence electrons. The van der Waals surface area contributed by atoms with Crippen molar-refractivity contribution in [2.75, 3.05) is 0 Å². The SMILES string of the molecule is Cn1cc(-c2cnc3cc(F)cc(F)c3c2)cn1. The normalized spacial score (nSPS) is 11.1. The summed E-state index contributed by atoms with van der Waals surface area (Å²) in [5, 5.41) is 4.35. The Morgan fingerprint density at radius 1 is 1.06 bits per heavy atom. The molecular weight excluding hydrogens is 236 g/mol. The monoisotopic (exact) mass is 245 g/mol. The van der Waals surface area contributed by atoms with Gasteiger partial charge < -0.3 is 0 Å². The van der Waals surface area contributed by atoms with Crippen LogP contribution in [0.2, 0.25) is 0 Å². The van der Waals surface area contributed by atoms with Gasteiger partial charge >= 0.3 is 0 Å². The summed E-state index contributed by atoms with van der Waals surface area (Å²) >= 11 is 0. The number of nitrogens with zero attached hydrogens (tertiary/aromatic N) is 3. The second kappa shape index (κ2) is 3.87. The van der Waals surface area contributed by atoms with Gasteiger partial charge in [-0.1, -0.05) is 0 Å². The van der Waals surface area contributed by atoms with Crippen molar-refractivity contribution in [1.29, 1.82) is 0 Å². The van der Waals surface area contributed by atoms with Crippen molar-refractivity contribution in [3.63, 3.8) is 0 Å². The van der Waals surface area contributed by atoms with Gasteiger partial charge in [0.15, 0.2) is 0 Å². The van der Waals surface area contributed by atoms with Crippen LogP contribution in [0.1, 0.15) is 0 Å². The van der Waals surface area contributed by atoms with Crippen LogP contribution in [-0.4, -0.2) is 14.8 Å². The molecule has 0 aliphatic heterocycles. The lowest BCUT2D eigenvalue weighted by Gasteiger charge is -2.02. The maximum atomic E-state index is 13.6.